The first kappa shape index (κ1) is 12.8. The third kappa shape index (κ3) is 3.68. The van der Waals surface area contributed by atoms with E-state index < -0.39 is 0 Å². The zero-order valence-electron chi connectivity index (χ0n) is 10.8. The summed E-state index contributed by atoms with van der Waals surface area (Å²) in [4.78, 5) is 14.1. The Morgan fingerprint density at radius 1 is 1.41 bits per heavy atom. The van der Waals surface area contributed by atoms with Crippen LogP contribution in [0, 0.1) is 11.8 Å². The van der Waals surface area contributed by atoms with Gasteiger partial charge < -0.3 is 16.0 Å². The lowest BCUT2D eigenvalue weighted by molar-refractivity contribution is -0.122. The summed E-state index contributed by atoms with van der Waals surface area (Å²) >= 11 is 0. The van der Waals surface area contributed by atoms with Gasteiger partial charge in [0.2, 0.25) is 5.91 Å². The summed E-state index contributed by atoms with van der Waals surface area (Å²) < 4.78 is 0. The van der Waals surface area contributed by atoms with Gasteiger partial charge in [-0.15, -0.1) is 0 Å². The molecule has 3 N–H and O–H groups in total. The summed E-state index contributed by atoms with van der Waals surface area (Å²) in [6.07, 6.45) is 5.24. The summed E-state index contributed by atoms with van der Waals surface area (Å²) in [5, 5.41) is 3.07. The van der Waals surface area contributed by atoms with E-state index in [-0.39, 0.29) is 11.9 Å². The summed E-state index contributed by atoms with van der Waals surface area (Å²) in [5.74, 6) is 1.25. The van der Waals surface area contributed by atoms with Gasteiger partial charge in [0.25, 0.3) is 0 Å². The number of amides is 1. The van der Waals surface area contributed by atoms with Gasteiger partial charge >= 0.3 is 0 Å². The van der Waals surface area contributed by atoms with Gasteiger partial charge in [-0.3, -0.25) is 4.79 Å². The highest BCUT2D eigenvalue weighted by molar-refractivity contribution is 5.76. The maximum absolute atomic E-state index is 11.8. The van der Waals surface area contributed by atoms with E-state index in [9.17, 15) is 4.79 Å². The predicted molar refractivity (Wildman–Crippen MR) is 68.5 cm³/mol. The highest BCUT2D eigenvalue weighted by atomic mass is 16.1. The van der Waals surface area contributed by atoms with Crippen molar-refractivity contribution in [3.05, 3.63) is 0 Å². The number of hydrogen-bond donors (Lipinski definition) is 2. The zero-order chi connectivity index (χ0) is 12.3. The Hall–Kier alpha value is -0.610. The Kier molecular flexibility index (Phi) is 4.40. The van der Waals surface area contributed by atoms with Crippen LogP contribution >= 0.6 is 0 Å². The number of likely N-dealkylation sites (tertiary alicyclic amines) is 1. The summed E-state index contributed by atoms with van der Waals surface area (Å²) in [6, 6.07) is 0.248. The van der Waals surface area contributed by atoms with Crippen LogP contribution in [0.2, 0.25) is 0 Å². The van der Waals surface area contributed by atoms with Crippen LogP contribution in [0.15, 0.2) is 0 Å². The Morgan fingerprint density at radius 2 is 2.24 bits per heavy atom. The van der Waals surface area contributed by atoms with Crippen molar-refractivity contribution in [1.29, 1.82) is 0 Å². The molecule has 4 nitrogen and oxygen atoms in total. The van der Waals surface area contributed by atoms with Crippen LogP contribution < -0.4 is 11.1 Å². The van der Waals surface area contributed by atoms with E-state index in [1.807, 2.05) is 0 Å². The second-order valence-electron chi connectivity index (χ2n) is 5.78. The quantitative estimate of drug-likeness (QED) is 0.754. The van der Waals surface area contributed by atoms with Crippen LogP contribution in [0.5, 0.6) is 0 Å². The van der Waals surface area contributed by atoms with Crippen LogP contribution in [0.25, 0.3) is 0 Å². The Labute approximate surface area is 104 Å². The molecule has 2 rings (SSSR count). The minimum atomic E-state index is 0.196. The van der Waals surface area contributed by atoms with Crippen molar-refractivity contribution in [2.45, 2.75) is 38.1 Å². The topological polar surface area (TPSA) is 58.4 Å². The van der Waals surface area contributed by atoms with E-state index in [4.69, 9.17) is 5.73 Å². The molecule has 1 amide bonds. The average molecular weight is 239 g/mol. The van der Waals surface area contributed by atoms with Crippen LogP contribution in [0.3, 0.4) is 0 Å². The van der Waals surface area contributed by atoms with Crippen molar-refractivity contribution in [2.24, 2.45) is 17.6 Å². The molecular formula is C13H25N3O. The molecule has 4 heteroatoms. The molecular weight excluding hydrogens is 214 g/mol. The minimum absolute atomic E-state index is 0.196. The lowest BCUT2D eigenvalue weighted by Crippen LogP contribution is -2.34. The Bertz CT molecular complexity index is 269. The fourth-order valence-electron chi connectivity index (χ4n) is 3.08. The zero-order valence-corrected chi connectivity index (χ0v) is 10.8. The Morgan fingerprint density at radius 3 is 2.82 bits per heavy atom. The number of carbonyl (C=O) groups excluding carboxylic acids is 1. The second-order valence-corrected chi connectivity index (χ2v) is 5.78. The van der Waals surface area contributed by atoms with Gasteiger partial charge in [-0.25, -0.2) is 0 Å². The first-order valence-corrected chi connectivity index (χ1v) is 6.86. The van der Waals surface area contributed by atoms with Gasteiger partial charge in [-0.05, 0) is 44.7 Å². The van der Waals surface area contributed by atoms with Crippen LogP contribution in [0.4, 0.5) is 0 Å². The third-order valence-corrected chi connectivity index (χ3v) is 4.24. The van der Waals surface area contributed by atoms with Gasteiger partial charge in [-0.2, -0.15) is 0 Å². The molecule has 1 heterocycles. The number of nitrogens with one attached hydrogen (secondary N) is 1. The molecule has 17 heavy (non-hydrogen) atoms. The maximum atomic E-state index is 11.8. The van der Waals surface area contributed by atoms with Gasteiger partial charge in [-0.1, -0.05) is 6.42 Å². The van der Waals surface area contributed by atoms with E-state index in [0.29, 0.717) is 18.3 Å². The molecule has 0 aromatic rings. The second kappa shape index (κ2) is 5.83. The average Bonchev–Trinajstić information content (AvgIpc) is 2.86. The SMILES string of the molecule is CN1CCC(CNC(=O)C[C@@H]2CCC[C@H]2N)C1. The van der Waals surface area contributed by atoms with E-state index in [2.05, 4.69) is 17.3 Å². The van der Waals surface area contributed by atoms with Gasteiger partial charge in [0, 0.05) is 25.6 Å². The molecule has 2 aliphatic rings. The van der Waals surface area contributed by atoms with Crippen molar-refractivity contribution in [3.63, 3.8) is 0 Å². The fourth-order valence-corrected chi connectivity index (χ4v) is 3.08. The number of rotatable bonds is 4. The number of nitrogens with two attached hydrogens (primary N) is 1. The fraction of sp³-hybridized carbons (Fsp3) is 0.923. The molecule has 98 valence electrons. The number of carbonyl (C=O) groups is 1. The Balaban J connectivity index is 1.64. The normalized spacial score (nSPS) is 34.1. The van der Waals surface area contributed by atoms with Crippen molar-refractivity contribution >= 4 is 5.91 Å². The molecule has 0 aromatic carbocycles. The summed E-state index contributed by atoms with van der Waals surface area (Å²) in [5.41, 5.74) is 5.98. The summed E-state index contributed by atoms with van der Waals surface area (Å²) in [6.45, 7) is 3.11. The van der Waals surface area contributed by atoms with Crippen LogP contribution in [0.1, 0.15) is 32.1 Å². The predicted octanol–water partition coefficient (Wildman–Crippen LogP) is 0.572. The lowest BCUT2D eigenvalue weighted by Gasteiger charge is -2.16. The van der Waals surface area contributed by atoms with Gasteiger partial charge in [0.15, 0.2) is 0 Å². The van der Waals surface area contributed by atoms with Crippen molar-refractivity contribution < 1.29 is 4.79 Å². The highest BCUT2D eigenvalue weighted by Gasteiger charge is 2.26. The molecule has 3 atom stereocenters. The molecule has 2 fully saturated rings. The molecule has 0 radical (unpaired) electrons. The first-order valence-electron chi connectivity index (χ1n) is 6.86. The van der Waals surface area contributed by atoms with Gasteiger partial charge in [0.1, 0.15) is 0 Å². The van der Waals surface area contributed by atoms with Gasteiger partial charge in [0.05, 0.1) is 0 Å². The number of nitrogens with zero attached hydrogens (tertiary/aromatic N) is 1. The largest absolute Gasteiger partial charge is 0.356 e. The minimum Gasteiger partial charge on any atom is -0.356 e. The number of hydrogen-bond acceptors (Lipinski definition) is 3. The molecule has 1 saturated carbocycles. The van der Waals surface area contributed by atoms with E-state index >= 15 is 0 Å². The lowest BCUT2D eigenvalue weighted by atomic mass is 9.99. The molecule has 1 unspecified atom stereocenters. The van der Waals surface area contributed by atoms with E-state index in [1.54, 1.807) is 0 Å². The van der Waals surface area contributed by atoms with E-state index in [0.717, 1.165) is 32.5 Å². The smallest absolute Gasteiger partial charge is 0.220 e. The monoisotopic (exact) mass is 239 g/mol. The molecule has 0 spiro atoms. The first-order chi connectivity index (χ1) is 8.15. The highest BCUT2D eigenvalue weighted by Crippen LogP contribution is 2.26. The van der Waals surface area contributed by atoms with E-state index in [1.165, 1.54) is 12.8 Å². The van der Waals surface area contributed by atoms with Crippen molar-refractivity contribution in [3.8, 4) is 0 Å². The molecule has 1 aliphatic heterocycles. The third-order valence-electron chi connectivity index (χ3n) is 4.24. The standard InChI is InChI=1S/C13H25N3O/c1-16-6-5-10(9-16)8-15-13(17)7-11-3-2-4-12(11)14/h10-12H,2-9,14H2,1H3,(H,15,17)/t10?,11-,12+/m0/s1. The van der Waals surface area contributed by atoms with Crippen molar-refractivity contribution in [2.75, 3.05) is 26.7 Å². The molecule has 0 aromatic heterocycles. The van der Waals surface area contributed by atoms with Crippen LogP contribution in [-0.4, -0.2) is 43.5 Å². The summed E-state index contributed by atoms with van der Waals surface area (Å²) in [7, 11) is 2.14. The van der Waals surface area contributed by atoms with Crippen LogP contribution in [-0.2, 0) is 4.79 Å². The van der Waals surface area contributed by atoms with Crippen molar-refractivity contribution in [1.82, 2.24) is 10.2 Å². The molecule has 1 aliphatic carbocycles. The maximum Gasteiger partial charge on any atom is 0.220 e. The molecule has 0 bridgehead atoms. The molecule has 1 saturated heterocycles.